The van der Waals surface area contributed by atoms with Gasteiger partial charge >= 0.3 is 0 Å². The summed E-state index contributed by atoms with van der Waals surface area (Å²) in [6.45, 7) is 9.81. The zero-order valence-corrected chi connectivity index (χ0v) is 10.8. The van der Waals surface area contributed by atoms with Gasteiger partial charge in [0.2, 0.25) is 5.88 Å². The summed E-state index contributed by atoms with van der Waals surface area (Å²) in [6.07, 6.45) is 3.55. The predicted molar refractivity (Wildman–Crippen MR) is 71.1 cm³/mol. The molecule has 0 spiro atoms. The minimum Gasteiger partial charge on any atom is -0.439 e. The molecule has 88 valence electrons. The Labute approximate surface area is 98.7 Å². The van der Waals surface area contributed by atoms with Gasteiger partial charge in [-0.15, -0.1) is 0 Å². The first-order valence-corrected chi connectivity index (χ1v) is 5.65. The fourth-order valence-electron chi connectivity index (χ4n) is 1.01. The molecule has 0 saturated heterocycles. The maximum absolute atomic E-state index is 5.52. The largest absolute Gasteiger partial charge is 0.439 e. The molecule has 0 bridgehead atoms. The zero-order chi connectivity index (χ0) is 12.4. The standard InChI is InChI=1S/C12H15NO.C2H6/c1-4-12(13-5-2)14-11-8-6-10(3)7-9-11;1-2/h4-9H,1-3H3;1-2H3/b12-4+,13-5-;. The second-order valence-electron chi connectivity index (χ2n) is 2.93. The van der Waals surface area contributed by atoms with Crippen molar-refractivity contribution in [2.24, 2.45) is 4.99 Å². The van der Waals surface area contributed by atoms with Crippen molar-refractivity contribution in [3.63, 3.8) is 0 Å². The summed E-state index contributed by atoms with van der Waals surface area (Å²) in [5.74, 6) is 1.44. The number of nitrogens with zero attached hydrogens (tertiary/aromatic N) is 1. The van der Waals surface area contributed by atoms with Crippen LogP contribution in [0.15, 0.2) is 41.2 Å². The molecule has 16 heavy (non-hydrogen) atoms. The number of aliphatic imine (C=N–C) groups is 1. The van der Waals surface area contributed by atoms with Gasteiger partial charge < -0.3 is 4.74 Å². The molecule has 0 amide bonds. The van der Waals surface area contributed by atoms with Crippen LogP contribution < -0.4 is 4.74 Å². The third-order valence-corrected chi connectivity index (χ3v) is 1.75. The van der Waals surface area contributed by atoms with Crippen molar-refractivity contribution in [3.8, 4) is 5.75 Å². The highest BCUT2D eigenvalue weighted by Gasteiger charge is 1.95. The summed E-state index contributed by atoms with van der Waals surface area (Å²) in [5, 5.41) is 0. The third-order valence-electron chi connectivity index (χ3n) is 1.75. The summed E-state index contributed by atoms with van der Waals surface area (Å²) in [7, 11) is 0. The molecule has 1 aromatic rings. The molecule has 0 radical (unpaired) electrons. The molecule has 0 aromatic heterocycles. The highest BCUT2D eigenvalue weighted by Crippen LogP contribution is 2.14. The summed E-state index contributed by atoms with van der Waals surface area (Å²) in [5.41, 5.74) is 1.22. The summed E-state index contributed by atoms with van der Waals surface area (Å²) in [4.78, 5) is 4.07. The van der Waals surface area contributed by atoms with Gasteiger partial charge in [0.1, 0.15) is 5.75 Å². The Balaban J connectivity index is 0.00000106. The Morgan fingerprint density at radius 3 is 2.12 bits per heavy atom. The Morgan fingerprint density at radius 1 is 1.12 bits per heavy atom. The fraction of sp³-hybridized carbons (Fsp3) is 0.357. The number of aryl methyl sites for hydroxylation is 1. The maximum atomic E-state index is 5.52. The number of benzene rings is 1. The number of hydrogen-bond donors (Lipinski definition) is 0. The molecule has 2 nitrogen and oxygen atoms in total. The molecular weight excluding hydrogens is 198 g/mol. The van der Waals surface area contributed by atoms with Gasteiger partial charge in [0.25, 0.3) is 0 Å². The summed E-state index contributed by atoms with van der Waals surface area (Å²) < 4.78 is 5.52. The first kappa shape index (κ1) is 14.4. The number of allylic oxidation sites excluding steroid dienone is 1. The van der Waals surface area contributed by atoms with Crippen LogP contribution >= 0.6 is 0 Å². The molecular formula is C14H21NO. The molecule has 0 unspecified atom stereocenters. The third kappa shape index (κ3) is 5.35. The SMILES string of the molecule is C/C=N\C(=C/C)Oc1ccc(C)cc1.CC. The second-order valence-corrected chi connectivity index (χ2v) is 2.93. The highest BCUT2D eigenvalue weighted by molar-refractivity contribution is 5.54. The van der Waals surface area contributed by atoms with Crippen LogP contribution in [0.5, 0.6) is 5.75 Å². The Bertz CT molecular complexity index is 336. The van der Waals surface area contributed by atoms with Gasteiger partial charge in [0, 0.05) is 6.21 Å². The maximum Gasteiger partial charge on any atom is 0.214 e. The highest BCUT2D eigenvalue weighted by atomic mass is 16.5. The van der Waals surface area contributed by atoms with E-state index >= 15 is 0 Å². The van der Waals surface area contributed by atoms with E-state index in [-0.39, 0.29) is 0 Å². The number of rotatable bonds is 3. The minimum atomic E-state index is 0.622. The first-order chi connectivity index (χ1) is 7.76. The zero-order valence-electron chi connectivity index (χ0n) is 10.8. The van der Waals surface area contributed by atoms with E-state index < -0.39 is 0 Å². The van der Waals surface area contributed by atoms with Gasteiger partial charge in [-0.25, -0.2) is 4.99 Å². The molecule has 0 saturated carbocycles. The van der Waals surface area contributed by atoms with Gasteiger partial charge in [-0.05, 0) is 39.0 Å². The number of hydrogen-bond acceptors (Lipinski definition) is 2. The molecule has 0 atom stereocenters. The second kappa shape index (κ2) is 8.72. The van der Waals surface area contributed by atoms with Crippen molar-refractivity contribution >= 4 is 6.21 Å². The molecule has 0 aliphatic rings. The van der Waals surface area contributed by atoms with Crippen LogP contribution in [0.2, 0.25) is 0 Å². The van der Waals surface area contributed by atoms with Crippen molar-refractivity contribution in [1.82, 2.24) is 0 Å². The van der Waals surface area contributed by atoms with Gasteiger partial charge in [0.15, 0.2) is 0 Å². The summed E-state index contributed by atoms with van der Waals surface area (Å²) >= 11 is 0. The van der Waals surface area contributed by atoms with Crippen molar-refractivity contribution in [2.75, 3.05) is 0 Å². The molecule has 0 fully saturated rings. The topological polar surface area (TPSA) is 21.6 Å². The average Bonchev–Trinajstić information content (AvgIpc) is 2.34. The van der Waals surface area contributed by atoms with E-state index in [0.717, 1.165) is 5.75 Å². The van der Waals surface area contributed by atoms with E-state index in [1.807, 2.05) is 65.0 Å². The van der Waals surface area contributed by atoms with Crippen LogP contribution in [0.25, 0.3) is 0 Å². The first-order valence-electron chi connectivity index (χ1n) is 5.65. The monoisotopic (exact) mass is 219 g/mol. The van der Waals surface area contributed by atoms with Gasteiger partial charge in [-0.3, -0.25) is 0 Å². The molecule has 0 heterocycles. The Hall–Kier alpha value is -1.57. The van der Waals surface area contributed by atoms with E-state index in [1.165, 1.54) is 5.56 Å². The molecule has 1 rings (SSSR count). The molecule has 0 N–H and O–H groups in total. The minimum absolute atomic E-state index is 0.622. The van der Waals surface area contributed by atoms with Gasteiger partial charge in [-0.1, -0.05) is 31.5 Å². The van der Waals surface area contributed by atoms with E-state index in [9.17, 15) is 0 Å². The lowest BCUT2D eigenvalue weighted by molar-refractivity contribution is 0.420. The Morgan fingerprint density at radius 2 is 1.69 bits per heavy atom. The van der Waals surface area contributed by atoms with Crippen molar-refractivity contribution in [3.05, 3.63) is 41.8 Å². The van der Waals surface area contributed by atoms with E-state index in [0.29, 0.717) is 5.88 Å². The van der Waals surface area contributed by atoms with Crippen LogP contribution in [-0.2, 0) is 0 Å². The number of ether oxygens (including phenoxy) is 1. The smallest absolute Gasteiger partial charge is 0.214 e. The van der Waals surface area contributed by atoms with E-state index in [1.54, 1.807) is 6.21 Å². The van der Waals surface area contributed by atoms with E-state index in [2.05, 4.69) is 4.99 Å². The van der Waals surface area contributed by atoms with E-state index in [4.69, 9.17) is 4.74 Å². The lowest BCUT2D eigenvalue weighted by Crippen LogP contribution is -1.91. The van der Waals surface area contributed by atoms with Crippen LogP contribution in [0.3, 0.4) is 0 Å². The Kier molecular flexibility index (Phi) is 7.86. The molecule has 0 aliphatic heterocycles. The average molecular weight is 219 g/mol. The van der Waals surface area contributed by atoms with Gasteiger partial charge in [0.05, 0.1) is 0 Å². The van der Waals surface area contributed by atoms with Crippen molar-refractivity contribution in [1.29, 1.82) is 0 Å². The fourth-order valence-corrected chi connectivity index (χ4v) is 1.01. The quantitative estimate of drug-likeness (QED) is 0.547. The van der Waals surface area contributed by atoms with Crippen molar-refractivity contribution < 1.29 is 4.74 Å². The molecule has 0 aliphatic carbocycles. The normalized spacial score (nSPS) is 10.9. The predicted octanol–water partition coefficient (Wildman–Crippen LogP) is 4.35. The van der Waals surface area contributed by atoms with Crippen LogP contribution in [-0.4, -0.2) is 6.21 Å². The van der Waals surface area contributed by atoms with Gasteiger partial charge in [-0.2, -0.15) is 0 Å². The summed E-state index contributed by atoms with van der Waals surface area (Å²) in [6, 6.07) is 7.89. The van der Waals surface area contributed by atoms with Crippen LogP contribution in [0.1, 0.15) is 33.3 Å². The van der Waals surface area contributed by atoms with Crippen molar-refractivity contribution in [2.45, 2.75) is 34.6 Å². The lowest BCUT2D eigenvalue weighted by Gasteiger charge is -2.04. The molecule has 2 heteroatoms. The lowest BCUT2D eigenvalue weighted by atomic mass is 10.2. The van der Waals surface area contributed by atoms with Crippen LogP contribution in [0, 0.1) is 6.92 Å². The molecule has 1 aromatic carbocycles. The van der Waals surface area contributed by atoms with Crippen LogP contribution in [0.4, 0.5) is 0 Å².